The first-order valence-electron chi connectivity index (χ1n) is 6.87. The predicted octanol–water partition coefficient (Wildman–Crippen LogP) is 2.89. The van der Waals surface area contributed by atoms with E-state index < -0.39 is 0 Å². The zero-order valence-electron chi connectivity index (χ0n) is 11.1. The van der Waals surface area contributed by atoms with Crippen LogP contribution in [-0.2, 0) is 4.79 Å². The Morgan fingerprint density at radius 2 is 1.72 bits per heavy atom. The number of rotatable bonds is 3. The Kier molecular flexibility index (Phi) is 4.76. The van der Waals surface area contributed by atoms with E-state index in [0.717, 1.165) is 18.8 Å². The molecular formula is C15H22N2O. The maximum atomic E-state index is 12.2. The summed E-state index contributed by atoms with van der Waals surface area (Å²) >= 11 is 0. The topological polar surface area (TPSA) is 32.3 Å². The van der Waals surface area contributed by atoms with Crippen molar-refractivity contribution in [2.45, 2.75) is 38.6 Å². The van der Waals surface area contributed by atoms with Gasteiger partial charge in [0, 0.05) is 5.69 Å². The minimum absolute atomic E-state index is 0.0386. The highest BCUT2D eigenvalue weighted by Gasteiger charge is 2.21. The zero-order valence-corrected chi connectivity index (χ0v) is 11.1. The van der Waals surface area contributed by atoms with Gasteiger partial charge in [0.1, 0.15) is 0 Å². The van der Waals surface area contributed by atoms with Gasteiger partial charge in [0.2, 0.25) is 5.91 Å². The minimum atomic E-state index is -0.0386. The number of carbonyl (C=O) groups is 1. The molecule has 1 N–H and O–H groups in total. The number of hydrogen-bond donors (Lipinski definition) is 1. The Labute approximate surface area is 109 Å². The molecule has 0 aliphatic carbocycles. The highest BCUT2D eigenvalue weighted by Crippen LogP contribution is 2.14. The van der Waals surface area contributed by atoms with Crippen LogP contribution in [0.15, 0.2) is 30.3 Å². The van der Waals surface area contributed by atoms with Gasteiger partial charge in [0.05, 0.1) is 6.04 Å². The van der Waals surface area contributed by atoms with Gasteiger partial charge in [0.25, 0.3) is 0 Å². The number of nitrogens with one attached hydrogen (secondary N) is 1. The zero-order chi connectivity index (χ0) is 12.8. The molecule has 2 rings (SSSR count). The van der Waals surface area contributed by atoms with Crippen molar-refractivity contribution in [2.24, 2.45) is 0 Å². The normalized spacial score (nSPS) is 18.9. The molecule has 1 unspecified atom stereocenters. The SMILES string of the molecule is CC(C(=O)Nc1ccccc1)N1CCCCCC1. The predicted molar refractivity (Wildman–Crippen MR) is 74.6 cm³/mol. The summed E-state index contributed by atoms with van der Waals surface area (Å²) in [4.78, 5) is 14.5. The fraction of sp³-hybridized carbons (Fsp3) is 0.533. The van der Waals surface area contributed by atoms with Crippen LogP contribution in [0.25, 0.3) is 0 Å². The van der Waals surface area contributed by atoms with Gasteiger partial charge in [-0.05, 0) is 45.0 Å². The molecule has 3 nitrogen and oxygen atoms in total. The monoisotopic (exact) mass is 246 g/mol. The lowest BCUT2D eigenvalue weighted by molar-refractivity contribution is -0.120. The van der Waals surface area contributed by atoms with Gasteiger partial charge < -0.3 is 5.32 Å². The molecule has 1 aromatic rings. The lowest BCUT2D eigenvalue weighted by Gasteiger charge is -2.26. The number of carbonyl (C=O) groups excluding carboxylic acids is 1. The Morgan fingerprint density at radius 3 is 2.33 bits per heavy atom. The first kappa shape index (κ1) is 13.1. The average molecular weight is 246 g/mol. The van der Waals surface area contributed by atoms with Crippen molar-refractivity contribution in [3.05, 3.63) is 30.3 Å². The molecule has 1 aliphatic heterocycles. The van der Waals surface area contributed by atoms with Gasteiger partial charge >= 0.3 is 0 Å². The van der Waals surface area contributed by atoms with Crippen molar-refractivity contribution in [1.29, 1.82) is 0 Å². The molecule has 0 bridgehead atoms. The molecule has 0 aromatic heterocycles. The fourth-order valence-corrected chi connectivity index (χ4v) is 2.42. The molecule has 0 spiro atoms. The number of hydrogen-bond acceptors (Lipinski definition) is 2. The van der Waals surface area contributed by atoms with Crippen LogP contribution in [0.4, 0.5) is 5.69 Å². The van der Waals surface area contributed by atoms with Crippen molar-refractivity contribution in [1.82, 2.24) is 4.90 Å². The van der Waals surface area contributed by atoms with Gasteiger partial charge in [-0.1, -0.05) is 31.0 Å². The van der Waals surface area contributed by atoms with Crippen LogP contribution in [0.5, 0.6) is 0 Å². The van der Waals surface area contributed by atoms with Crippen molar-refractivity contribution in [3.8, 4) is 0 Å². The molecule has 1 saturated heterocycles. The number of nitrogens with zero attached hydrogens (tertiary/aromatic N) is 1. The van der Waals surface area contributed by atoms with Gasteiger partial charge in [-0.15, -0.1) is 0 Å². The van der Waals surface area contributed by atoms with E-state index in [1.54, 1.807) is 0 Å². The average Bonchev–Trinajstić information content (AvgIpc) is 2.68. The first-order valence-corrected chi connectivity index (χ1v) is 6.87. The highest BCUT2D eigenvalue weighted by atomic mass is 16.2. The maximum Gasteiger partial charge on any atom is 0.241 e. The molecule has 0 saturated carbocycles. The van der Waals surface area contributed by atoms with Crippen LogP contribution in [-0.4, -0.2) is 29.9 Å². The first-order chi connectivity index (χ1) is 8.77. The number of anilines is 1. The summed E-state index contributed by atoms with van der Waals surface area (Å²) in [5.74, 6) is 0.100. The smallest absolute Gasteiger partial charge is 0.241 e. The van der Waals surface area contributed by atoms with E-state index in [4.69, 9.17) is 0 Å². The minimum Gasteiger partial charge on any atom is -0.325 e. The molecule has 98 valence electrons. The Bertz CT molecular complexity index is 369. The van der Waals surface area contributed by atoms with E-state index in [9.17, 15) is 4.79 Å². The number of likely N-dealkylation sites (tertiary alicyclic amines) is 1. The number of benzene rings is 1. The molecule has 1 aliphatic rings. The summed E-state index contributed by atoms with van der Waals surface area (Å²) in [6.45, 7) is 4.09. The molecule has 1 aromatic carbocycles. The number of para-hydroxylation sites is 1. The van der Waals surface area contributed by atoms with Crippen LogP contribution in [0, 0.1) is 0 Å². The van der Waals surface area contributed by atoms with E-state index in [2.05, 4.69) is 10.2 Å². The van der Waals surface area contributed by atoms with Crippen molar-refractivity contribution in [2.75, 3.05) is 18.4 Å². The Morgan fingerprint density at radius 1 is 1.11 bits per heavy atom. The number of amides is 1. The summed E-state index contributed by atoms with van der Waals surface area (Å²) in [7, 11) is 0. The van der Waals surface area contributed by atoms with E-state index in [0.29, 0.717) is 0 Å². The van der Waals surface area contributed by atoms with Crippen molar-refractivity contribution < 1.29 is 4.79 Å². The quantitative estimate of drug-likeness (QED) is 0.889. The van der Waals surface area contributed by atoms with E-state index in [-0.39, 0.29) is 11.9 Å². The summed E-state index contributed by atoms with van der Waals surface area (Å²) in [6, 6.07) is 9.63. The third-order valence-electron chi connectivity index (χ3n) is 3.61. The van der Waals surface area contributed by atoms with E-state index in [1.165, 1.54) is 25.7 Å². The second-order valence-electron chi connectivity index (χ2n) is 4.98. The van der Waals surface area contributed by atoms with Crippen LogP contribution >= 0.6 is 0 Å². The lowest BCUT2D eigenvalue weighted by Crippen LogP contribution is -2.42. The molecule has 18 heavy (non-hydrogen) atoms. The molecule has 1 atom stereocenters. The van der Waals surface area contributed by atoms with Crippen LogP contribution in [0.1, 0.15) is 32.6 Å². The largest absolute Gasteiger partial charge is 0.325 e. The fourth-order valence-electron chi connectivity index (χ4n) is 2.42. The second kappa shape index (κ2) is 6.55. The molecular weight excluding hydrogens is 224 g/mol. The van der Waals surface area contributed by atoms with E-state index in [1.807, 2.05) is 37.3 Å². The summed E-state index contributed by atoms with van der Waals surface area (Å²) in [6.07, 6.45) is 5.01. The molecule has 1 heterocycles. The molecule has 1 amide bonds. The van der Waals surface area contributed by atoms with Crippen LogP contribution in [0.3, 0.4) is 0 Å². The maximum absolute atomic E-state index is 12.2. The lowest BCUT2D eigenvalue weighted by atomic mass is 10.2. The van der Waals surface area contributed by atoms with Gasteiger partial charge in [-0.3, -0.25) is 9.69 Å². The Hall–Kier alpha value is -1.35. The van der Waals surface area contributed by atoms with Gasteiger partial charge in [-0.2, -0.15) is 0 Å². The van der Waals surface area contributed by atoms with Gasteiger partial charge in [-0.25, -0.2) is 0 Å². The molecule has 3 heteroatoms. The summed E-state index contributed by atoms with van der Waals surface area (Å²) in [5.41, 5.74) is 0.879. The van der Waals surface area contributed by atoms with Gasteiger partial charge in [0.15, 0.2) is 0 Å². The van der Waals surface area contributed by atoms with Crippen molar-refractivity contribution >= 4 is 11.6 Å². The highest BCUT2D eigenvalue weighted by molar-refractivity contribution is 5.94. The van der Waals surface area contributed by atoms with Crippen LogP contribution < -0.4 is 5.32 Å². The third kappa shape index (κ3) is 3.57. The Balaban J connectivity index is 1.91. The van der Waals surface area contributed by atoms with E-state index >= 15 is 0 Å². The summed E-state index contributed by atoms with van der Waals surface area (Å²) in [5, 5.41) is 2.98. The standard InChI is InChI=1S/C15H22N2O/c1-13(17-11-7-2-3-8-12-17)15(18)16-14-9-5-4-6-10-14/h4-6,9-10,13H,2-3,7-8,11-12H2,1H3,(H,16,18). The summed E-state index contributed by atoms with van der Waals surface area (Å²) < 4.78 is 0. The molecule has 1 fully saturated rings. The third-order valence-corrected chi connectivity index (χ3v) is 3.61. The second-order valence-corrected chi connectivity index (χ2v) is 4.98. The van der Waals surface area contributed by atoms with Crippen molar-refractivity contribution in [3.63, 3.8) is 0 Å². The molecule has 0 radical (unpaired) electrons. The van der Waals surface area contributed by atoms with Crippen LogP contribution in [0.2, 0.25) is 0 Å².